The van der Waals surface area contributed by atoms with E-state index in [1.807, 2.05) is 6.92 Å². The smallest absolute Gasteiger partial charge is 0.138 e. The van der Waals surface area contributed by atoms with E-state index < -0.39 is 5.54 Å². The Kier molecular flexibility index (Phi) is 5.46. The highest BCUT2D eigenvalue weighted by molar-refractivity contribution is 5.42. The van der Waals surface area contributed by atoms with Gasteiger partial charge in [-0.1, -0.05) is 6.92 Å². The fourth-order valence-electron chi connectivity index (χ4n) is 1.61. The number of ether oxygens (including phenoxy) is 3. The maximum atomic E-state index is 9.15. The van der Waals surface area contributed by atoms with Crippen molar-refractivity contribution in [3.05, 3.63) is 18.2 Å². The molecule has 19 heavy (non-hydrogen) atoms. The molecule has 1 aromatic rings. The van der Waals surface area contributed by atoms with Gasteiger partial charge in [-0.15, -0.1) is 0 Å². The van der Waals surface area contributed by atoms with E-state index in [1.54, 1.807) is 39.3 Å². The zero-order chi connectivity index (χ0) is 14.3. The molecule has 0 heterocycles. The number of hydrogen-bond donors (Lipinski definition) is 1. The van der Waals surface area contributed by atoms with Gasteiger partial charge in [0, 0.05) is 18.2 Å². The third-order valence-electron chi connectivity index (χ3n) is 2.67. The number of rotatable bonds is 7. The van der Waals surface area contributed by atoms with Gasteiger partial charge in [-0.2, -0.15) is 5.26 Å². The minimum Gasteiger partial charge on any atom is -0.496 e. The molecule has 0 aliphatic carbocycles. The van der Waals surface area contributed by atoms with Crippen LogP contribution in [0, 0.1) is 11.3 Å². The fraction of sp³-hybridized carbons (Fsp3) is 0.500. The molecule has 104 valence electrons. The van der Waals surface area contributed by atoms with Crippen molar-refractivity contribution in [1.29, 1.82) is 5.26 Å². The molecule has 5 nitrogen and oxygen atoms in total. The van der Waals surface area contributed by atoms with Gasteiger partial charge in [-0.3, -0.25) is 5.32 Å². The van der Waals surface area contributed by atoms with E-state index in [-0.39, 0.29) is 6.61 Å². The summed E-state index contributed by atoms with van der Waals surface area (Å²) >= 11 is 0. The number of benzene rings is 1. The molecule has 1 rings (SSSR count). The third-order valence-corrected chi connectivity index (χ3v) is 2.67. The number of nitrogens with zero attached hydrogens (tertiary/aromatic N) is 1. The van der Waals surface area contributed by atoms with Gasteiger partial charge in [0.1, 0.15) is 29.4 Å². The van der Waals surface area contributed by atoms with Crippen LogP contribution in [0.25, 0.3) is 0 Å². The number of methoxy groups -OCH3 is 2. The first-order valence-corrected chi connectivity index (χ1v) is 6.09. The molecular formula is C14H20N2O3. The van der Waals surface area contributed by atoms with Crippen LogP contribution in [0.15, 0.2) is 18.2 Å². The summed E-state index contributed by atoms with van der Waals surface area (Å²) in [5.41, 5.74) is -0.717. The van der Waals surface area contributed by atoms with E-state index >= 15 is 0 Å². The van der Waals surface area contributed by atoms with Crippen molar-refractivity contribution in [2.75, 3.05) is 27.4 Å². The maximum Gasteiger partial charge on any atom is 0.138 e. The average molecular weight is 264 g/mol. The van der Waals surface area contributed by atoms with Gasteiger partial charge in [-0.05, 0) is 13.5 Å². The molecule has 5 heteroatoms. The molecule has 0 amide bonds. The van der Waals surface area contributed by atoms with Gasteiger partial charge in [0.05, 0.1) is 20.3 Å². The number of hydrogen-bond acceptors (Lipinski definition) is 5. The van der Waals surface area contributed by atoms with Crippen molar-refractivity contribution in [1.82, 2.24) is 5.32 Å². The van der Waals surface area contributed by atoms with Gasteiger partial charge in [0.25, 0.3) is 0 Å². The molecule has 0 aliphatic heterocycles. The second-order valence-corrected chi connectivity index (χ2v) is 4.31. The van der Waals surface area contributed by atoms with Gasteiger partial charge < -0.3 is 14.2 Å². The van der Waals surface area contributed by atoms with Crippen molar-refractivity contribution in [2.24, 2.45) is 0 Å². The minimum absolute atomic E-state index is 0.244. The second kappa shape index (κ2) is 6.86. The molecule has 1 atom stereocenters. The van der Waals surface area contributed by atoms with Gasteiger partial charge in [0.15, 0.2) is 0 Å². The second-order valence-electron chi connectivity index (χ2n) is 4.31. The molecule has 1 unspecified atom stereocenters. The van der Waals surface area contributed by atoms with E-state index in [2.05, 4.69) is 11.4 Å². The van der Waals surface area contributed by atoms with Gasteiger partial charge in [0.2, 0.25) is 0 Å². The van der Waals surface area contributed by atoms with Crippen molar-refractivity contribution in [3.63, 3.8) is 0 Å². The summed E-state index contributed by atoms with van der Waals surface area (Å²) in [6.45, 7) is 4.70. The Balaban J connectivity index is 2.79. The van der Waals surface area contributed by atoms with Crippen molar-refractivity contribution < 1.29 is 14.2 Å². The number of likely N-dealkylation sites (N-methyl/N-ethyl adjacent to an activating group) is 1. The van der Waals surface area contributed by atoms with Crippen LogP contribution < -0.4 is 19.5 Å². The van der Waals surface area contributed by atoms with E-state index in [9.17, 15) is 0 Å². The minimum atomic E-state index is -0.717. The zero-order valence-electron chi connectivity index (χ0n) is 11.8. The molecule has 0 spiro atoms. The van der Waals surface area contributed by atoms with Crippen LogP contribution in [0.3, 0.4) is 0 Å². The summed E-state index contributed by atoms with van der Waals surface area (Å²) in [6, 6.07) is 7.49. The summed E-state index contributed by atoms with van der Waals surface area (Å²) in [4.78, 5) is 0. The monoisotopic (exact) mass is 264 g/mol. The molecule has 0 aliphatic rings. The van der Waals surface area contributed by atoms with E-state index in [0.29, 0.717) is 23.8 Å². The largest absolute Gasteiger partial charge is 0.496 e. The lowest BCUT2D eigenvalue weighted by molar-refractivity contribution is 0.234. The quantitative estimate of drug-likeness (QED) is 0.815. The lowest BCUT2D eigenvalue weighted by atomic mass is 10.1. The Morgan fingerprint density at radius 3 is 2.11 bits per heavy atom. The molecule has 1 aromatic carbocycles. The lowest BCUT2D eigenvalue weighted by Gasteiger charge is -2.22. The Morgan fingerprint density at radius 2 is 1.68 bits per heavy atom. The van der Waals surface area contributed by atoms with Crippen LogP contribution in [0.5, 0.6) is 17.2 Å². The highest BCUT2D eigenvalue weighted by Gasteiger charge is 2.23. The van der Waals surface area contributed by atoms with E-state index in [0.717, 1.165) is 0 Å². The van der Waals surface area contributed by atoms with Crippen LogP contribution in [0.2, 0.25) is 0 Å². The summed E-state index contributed by atoms with van der Waals surface area (Å²) in [6.07, 6.45) is 0. The third kappa shape index (κ3) is 4.34. The molecule has 0 fully saturated rings. The predicted molar refractivity (Wildman–Crippen MR) is 72.7 cm³/mol. The molecule has 0 saturated carbocycles. The van der Waals surface area contributed by atoms with Crippen molar-refractivity contribution in [2.45, 2.75) is 19.4 Å². The van der Waals surface area contributed by atoms with Crippen LogP contribution in [0.4, 0.5) is 0 Å². The molecule has 0 aromatic heterocycles. The van der Waals surface area contributed by atoms with Crippen LogP contribution >= 0.6 is 0 Å². The topological polar surface area (TPSA) is 63.5 Å². The highest BCUT2D eigenvalue weighted by atomic mass is 16.5. The van der Waals surface area contributed by atoms with Gasteiger partial charge in [-0.25, -0.2) is 0 Å². The zero-order valence-corrected chi connectivity index (χ0v) is 11.8. The summed E-state index contributed by atoms with van der Waals surface area (Å²) in [7, 11) is 3.16. The molecular weight excluding hydrogens is 244 g/mol. The highest BCUT2D eigenvalue weighted by Crippen LogP contribution is 2.27. The molecule has 1 N–H and O–H groups in total. The Hall–Kier alpha value is -1.93. The average Bonchev–Trinajstić information content (AvgIpc) is 2.45. The van der Waals surface area contributed by atoms with Crippen molar-refractivity contribution in [3.8, 4) is 23.3 Å². The first-order valence-electron chi connectivity index (χ1n) is 6.09. The van der Waals surface area contributed by atoms with Gasteiger partial charge >= 0.3 is 0 Å². The Morgan fingerprint density at radius 1 is 1.16 bits per heavy atom. The Labute approximate surface area is 114 Å². The summed E-state index contributed by atoms with van der Waals surface area (Å²) in [5.74, 6) is 1.91. The molecule has 0 radical (unpaired) electrons. The fourth-order valence-corrected chi connectivity index (χ4v) is 1.61. The Bertz CT molecular complexity index is 434. The first kappa shape index (κ1) is 15.1. The maximum absolute atomic E-state index is 9.15. The SMILES string of the molecule is CCNC(C)(C#N)COc1cc(OC)cc(OC)c1. The summed E-state index contributed by atoms with van der Waals surface area (Å²) in [5, 5.41) is 12.2. The predicted octanol–water partition coefficient (Wildman–Crippen LogP) is 1.97. The van der Waals surface area contributed by atoms with E-state index in [1.165, 1.54) is 0 Å². The van der Waals surface area contributed by atoms with Crippen LogP contribution in [0.1, 0.15) is 13.8 Å². The van der Waals surface area contributed by atoms with Crippen LogP contribution in [-0.2, 0) is 0 Å². The van der Waals surface area contributed by atoms with E-state index in [4.69, 9.17) is 19.5 Å². The van der Waals surface area contributed by atoms with Crippen molar-refractivity contribution >= 4 is 0 Å². The lowest BCUT2D eigenvalue weighted by Crippen LogP contribution is -2.46. The number of nitriles is 1. The summed E-state index contributed by atoms with van der Waals surface area (Å²) < 4.78 is 16.0. The standard InChI is InChI=1S/C14H20N2O3/c1-5-16-14(2,9-15)10-19-13-7-11(17-3)6-12(8-13)18-4/h6-8,16H,5,10H2,1-4H3. The van der Waals surface area contributed by atoms with Crippen LogP contribution in [-0.4, -0.2) is 32.9 Å². The normalized spacial score (nSPS) is 13.2. The molecule has 0 bridgehead atoms. The first-order chi connectivity index (χ1) is 9.06. The number of nitrogens with one attached hydrogen (secondary N) is 1. The molecule has 0 saturated heterocycles.